The molecule has 4 aromatic rings. The van der Waals surface area contributed by atoms with E-state index in [2.05, 4.69) is 15.7 Å². The van der Waals surface area contributed by atoms with Crippen LogP contribution >= 0.6 is 0 Å². The maximum atomic E-state index is 13.8. The van der Waals surface area contributed by atoms with Crippen molar-refractivity contribution in [2.75, 3.05) is 38.6 Å². The average molecular weight is 626 g/mol. The Morgan fingerprint density at radius 1 is 1.02 bits per heavy atom. The van der Waals surface area contributed by atoms with Gasteiger partial charge in [-0.25, -0.2) is 4.99 Å². The molecule has 2 aromatic heterocycles. The number of nitrogens with one attached hydrogen (secondary N) is 2. The largest absolute Gasteiger partial charge is 0.497 e. The Morgan fingerprint density at radius 2 is 1.80 bits per heavy atom. The van der Waals surface area contributed by atoms with E-state index in [0.29, 0.717) is 30.9 Å². The summed E-state index contributed by atoms with van der Waals surface area (Å²) in [6, 6.07) is 15.9. The minimum absolute atomic E-state index is 0.0315. The van der Waals surface area contributed by atoms with Crippen LogP contribution in [0.4, 0.5) is 5.69 Å². The van der Waals surface area contributed by atoms with Gasteiger partial charge in [-0.05, 0) is 87.1 Å². The monoisotopic (exact) mass is 625 g/mol. The molecule has 0 radical (unpaired) electrons. The van der Waals surface area contributed by atoms with Crippen molar-refractivity contribution in [1.29, 1.82) is 0 Å². The van der Waals surface area contributed by atoms with Gasteiger partial charge in [-0.15, -0.1) is 0 Å². The lowest BCUT2D eigenvalue weighted by molar-refractivity contribution is -0.140. The second-order valence-electron chi connectivity index (χ2n) is 11.7. The average Bonchev–Trinajstić information content (AvgIpc) is 3.81. The van der Waals surface area contributed by atoms with E-state index >= 15 is 0 Å². The van der Waals surface area contributed by atoms with Crippen LogP contribution < -0.4 is 15.4 Å². The van der Waals surface area contributed by atoms with Crippen LogP contribution in [-0.4, -0.2) is 82.6 Å². The number of ether oxygens (including phenoxy) is 1. The van der Waals surface area contributed by atoms with Crippen molar-refractivity contribution in [3.05, 3.63) is 77.8 Å². The summed E-state index contributed by atoms with van der Waals surface area (Å²) < 4.78 is 12.6. The third kappa shape index (κ3) is 7.22. The minimum atomic E-state index is -0.763. The van der Waals surface area contributed by atoms with Gasteiger partial charge >= 0.3 is 0 Å². The molecule has 2 aliphatic rings. The van der Waals surface area contributed by atoms with Gasteiger partial charge in [0.25, 0.3) is 5.91 Å². The van der Waals surface area contributed by atoms with E-state index < -0.39 is 11.9 Å². The van der Waals surface area contributed by atoms with Crippen molar-refractivity contribution in [2.24, 2.45) is 4.99 Å². The molecular weight excluding hydrogens is 586 g/mol. The summed E-state index contributed by atoms with van der Waals surface area (Å²) in [4.78, 5) is 48.6. The molecule has 1 unspecified atom stereocenters. The number of furan rings is 1. The Labute approximate surface area is 267 Å². The van der Waals surface area contributed by atoms with Gasteiger partial charge in [0.2, 0.25) is 17.8 Å². The number of aliphatic imine (C=N–C) groups is 1. The topological polar surface area (TPSA) is 134 Å². The number of benzene rings is 2. The number of likely N-dealkylation sites (tertiary alicyclic amines) is 2. The molecule has 0 bridgehead atoms. The first-order chi connectivity index (χ1) is 22.4. The molecule has 0 aliphatic carbocycles. The zero-order chi connectivity index (χ0) is 32.0. The maximum Gasteiger partial charge on any atom is 0.276 e. The summed E-state index contributed by atoms with van der Waals surface area (Å²) >= 11 is 0. The van der Waals surface area contributed by atoms with Crippen molar-refractivity contribution in [3.8, 4) is 5.75 Å². The van der Waals surface area contributed by atoms with E-state index in [-0.39, 0.29) is 24.3 Å². The molecule has 0 spiro atoms. The Bertz CT molecular complexity index is 1740. The van der Waals surface area contributed by atoms with E-state index in [9.17, 15) is 14.4 Å². The van der Waals surface area contributed by atoms with Crippen molar-refractivity contribution in [3.63, 3.8) is 0 Å². The molecule has 46 heavy (non-hydrogen) atoms. The van der Waals surface area contributed by atoms with Gasteiger partial charge in [-0.3, -0.25) is 24.4 Å². The summed E-state index contributed by atoms with van der Waals surface area (Å²) in [5.74, 6) is 0.976. The molecule has 12 nitrogen and oxygen atoms in total. The number of nitrogens with zero attached hydrogens (tertiary/aromatic N) is 5. The third-order valence-corrected chi connectivity index (χ3v) is 8.40. The predicted octanol–water partition coefficient (Wildman–Crippen LogP) is 4.20. The fourth-order valence-corrected chi connectivity index (χ4v) is 5.96. The summed E-state index contributed by atoms with van der Waals surface area (Å²) in [6.07, 6.45) is 5.60. The molecule has 2 N–H and O–H groups in total. The lowest BCUT2D eigenvalue weighted by Gasteiger charge is -2.25. The van der Waals surface area contributed by atoms with Crippen molar-refractivity contribution >= 4 is 40.3 Å². The number of rotatable bonds is 8. The number of hydrogen-bond donors (Lipinski definition) is 2. The Balaban J connectivity index is 1.25. The van der Waals surface area contributed by atoms with Crippen molar-refractivity contribution in [1.82, 2.24) is 24.9 Å². The van der Waals surface area contributed by atoms with Crippen LogP contribution in [0, 0.1) is 6.92 Å². The highest BCUT2D eigenvalue weighted by Gasteiger charge is 2.30. The van der Waals surface area contributed by atoms with Crippen LogP contribution in [0.15, 0.2) is 70.2 Å². The Kier molecular flexibility index (Phi) is 9.32. The highest BCUT2D eigenvalue weighted by Crippen LogP contribution is 2.23. The van der Waals surface area contributed by atoms with Gasteiger partial charge in [0.1, 0.15) is 28.8 Å². The van der Waals surface area contributed by atoms with Gasteiger partial charge in [0, 0.05) is 36.9 Å². The number of carbonyl (C=O) groups excluding carboxylic acids is 3. The van der Waals surface area contributed by atoms with Crippen molar-refractivity contribution in [2.45, 2.75) is 51.6 Å². The van der Waals surface area contributed by atoms with Gasteiger partial charge < -0.3 is 24.3 Å². The molecule has 2 aromatic carbocycles. The van der Waals surface area contributed by atoms with Crippen LogP contribution in [0.1, 0.15) is 53.9 Å². The Hall–Kier alpha value is -5.13. The van der Waals surface area contributed by atoms with Gasteiger partial charge in [-0.2, -0.15) is 5.10 Å². The van der Waals surface area contributed by atoms with Crippen LogP contribution in [0.25, 0.3) is 11.0 Å². The molecule has 6 rings (SSSR count). The van der Waals surface area contributed by atoms with Gasteiger partial charge in [0.15, 0.2) is 0 Å². The second kappa shape index (κ2) is 13.9. The number of aromatic nitrogens is 2. The highest BCUT2D eigenvalue weighted by molar-refractivity contribution is 6.10. The number of anilines is 1. The lowest BCUT2D eigenvalue weighted by Crippen LogP contribution is -2.45. The first-order valence-corrected chi connectivity index (χ1v) is 15.7. The number of carbonyl (C=O) groups is 3. The van der Waals surface area contributed by atoms with Gasteiger partial charge in [-0.1, -0.05) is 12.1 Å². The third-order valence-electron chi connectivity index (χ3n) is 8.40. The number of hydrogen-bond acceptors (Lipinski definition) is 7. The summed E-state index contributed by atoms with van der Waals surface area (Å²) in [7, 11) is 1.61. The van der Waals surface area contributed by atoms with Crippen LogP contribution in [0.5, 0.6) is 5.75 Å². The van der Waals surface area contributed by atoms with E-state index in [1.165, 1.54) is 0 Å². The molecule has 4 heterocycles. The fraction of sp³-hybridized carbons (Fsp3) is 0.382. The first kappa shape index (κ1) is 30.9. The smallest absolute Gasteiger partial charge is 0.276 e. The number of aryl methyl sites for hydroxylation is 1. The number of fused-ring (bicyclic) bond motifs is 1. The number of guanidine groups is 1. The molecule has 0 saturated carbocycles. The Morgan fingerprint density at radius 3 is 2.59 bits per heavy atom. The first-order valence-electron chi connectivity index (χ1n) is 15.7. The molecule has 3 amide bonds. The van der Waals surface area contributed by atoms with Crippen LogP contribution in [-0.2, 0) is 16.1 Å². The fourth-order valence-electron chi connectivity index (χ4n) is 5.96. The molecule has 2 aliphatic heterocycles. The molecule has 2 saturated heterocycles. The molecule has 240 valence electrons. The number of methoxy groups -OCH3 is 1. The molecule has 2 fully saturated rings. The quantitative estimate of drug-likeness (QED) is 0.222. The SMILES string of the molecule is COc1ccc(Cn2nccc2C(=O)NC(=NC2CCCCN(CC(=O)N3CCCC3)C2=O)Nc2ccc3oc(C)cc3c2)cc1. The number of amides is 3. The van der Waals surface area contributed by atoms with Crippen LogP contribution in [0.3, 0.4) is 0 Å². The van der Waals surface area contributed by atoms with Crippen LogP contribution in [0.2, 0.25) is 0 Å². The van der Waals surface area contributed by atoms with Crippen molar-refractivity contribution < 1.29 is 23.5 Å². The molecule has 12 heteroatoms. The highest BCUT2D eigenvalue weighted by atomic mass is 16.5. The van der Waals surface area contributed by atoms with E-state index in [0.717, 1.165) is 66.8 Å². The second-order valence-corrected chi connectivity index (χ2v) is 11.7. The van der Waals surface area contributed by atoms with Gasteiger partial charge in [0.05, 0.1) is 20.2 Å². The normalized spacial score (nSPS) is 17.3. The molecule has 1 atom stereocenters. The zero-order valence-electron chi connectivity index (χ0n) is 26.2. The maximum absolute atomic E-state index is 13.8. The molecular formula is C34H39N7O5. The standard InChI is InChI=1S/C34H39N7O5/c1-23-19-25-20-26(10-13-30(25)46-23)36-34(37-28-7-3-4-18-40(33(28)44)22-31(42)39-16-5-6-17-39)38-32(43)29-14-15-35-41(29)21-24-8-11-27(45-2)12-9-24/h8-15,19-20,28H,3-7,16-18,21-22H2,1-2H3,(H2,36,37,38,43). The summed E-state index contributed by atoms with van der Waals surface area (Å²) in [6.45, 7) is 4.27. The summed E-state index contributed by atoms with van der Waals surface area (Å²) in [5.41, 5.74) is 2.68. The van der Waals surface area contributed by atoms with E-state index in [1.807, 2.05) is 60.4 Å². The predicted molar refractivity (Wildman–Crippen MR) is 174 cm³/mol. The van der Waals surface area contributed by atoms with E-state index in [1.54, 1.807) is 29.0 Å². The zero-order valence-corrected chi connectivity index (χ0v) is 26.2. The summed E-state index contributed by atoms with van der Waals surface area (Å²) in [5, 5.41) is 11.4. The lowest BCUT2D eigenvalue weighted by atomic mass is 10.1. The van der Waals surface area contributed by atoms with E-state index in [4.69, 9.17) is 14.1 Å². The minimum Gasteiger partial charge on any atom is -0.497 e.